The van der Waals surface area contributed by atoms with Crippen molar-refractivity contribution in [1.82, 2.24) is 5.43 Å². The van der Waals surface area contributed by atoms with Gasteiger partial charge in [-0.15, -0.1) is 0 Å². The Kier molecular flexibility index (Phi) is 6.15. The van der Waals surface area contributed by atoms with Gasteiger partial charge in [0.1, 0.15) is 5.75 Å². The summed E-state index contributed by atoms with van der Waals surface area (Å²) in [6.07, 6.45) is 1.70. The molecular formula is C17H17BrN2O2. The predicted octanol–water partition coefficient (Wildman–Crippen LogP) is 3.73. The van der Waals surface area contributed by atoms with Gasteiger partial charge in [-0.1, -0.05) is 53.2 Å². The maximum Gasteiger partial charge on any atom is 0.277 e. The van der Waals surface area contributed by atoms with Crippen molar-refractivity contribution in [2.75, 3.05) is 6.61 Å². The van der Waals surface area contributed by atoms with Gasteiger partial charge in [-0.3, -0.25) is 4.79 Å². The summed E-state index contributed by atoms with van der Waals surface area (Å²) in [7, 11) is 0. The minimum Gasteiger partial charge on any atom is -0.484 e. The molecule has 1 atom stereocenters. The molecule has 2 aromatic rings. The third kappa shape index (κ3) is 5.33. The quantitative estimate of drug-likeness (QED) is 0.630. The molecule has 4 nitrogen and oxygen atoms in total. The van der Waals surface area contributed by atoms with Crippen LogP contribution in [0.2, 0.25) is 0 Å². The van der Waals surface area contributed by atoms with Gasteiger partial charge in [-0.25, -0.2) is 5.43 Å². The number of carbonyl (C=O) groups is 1. The smallest absolute Gasteiger partial charge is 0.277 e. The number of halogens is 1. The molecule has 0 heterocycles. The van der Waals surface area contributed by atoms with Crippen molar-refractivity contribution in [2.45, 2.75) is 12.8 Å². The highest BCUT2D eigenvalue weighted by Gasteiger charge is 2.03. The van der Waals surface area contributed by atoms with Crippen LogP contribution >= 0.6 is 15.9 Å². The van der Waals surface area contributed by atoms with Crippen LogP contribution in [0.4, 0.5) is 0 Å². The minimum absolute atomic E-state index is 0.0707. The van der Waals surface area contributed by atoms with Gasteiger partial charge in [-0.2, -0.15) is 5.10 Å². The molecule has 2 aromatic carbocycles. The summed E-state index contributed by atoms with van der Waals surface area (Å²) >= 11 is 3.34. The molecular weight excluding hydrogens is 344 g/mol. The molecule has 0 radical (unpaired) electrons. The number of ether oxygens (including phenoxy) is 1. The minimum atomic E-state index is -0.292. The number of rotatable bonds is 6. The fraction of sp³-hybridized carbons (Fsp3) is 0.176. The fourth-order valence-electron chi connectivity index (χ4n) is 1.78. The van der Waals surface area contributed by atoms with E-state index in [0.717, 1.165) is 10.0 Å². The van der Waals surface area contributed by atoms with Gasteiger partial charge >= 0.3 is 0 Å². The molecule has 0 aliphatic rings. The van der Waals surface area contributed by atoms with Gasteiger partial charge in [-0.05, 0) is 29.8 Å². The Morgan fingerprint density at radius 2 is 1.91 bits per heavy atom. The number of benzene rings is 2. The molecule has 0 saturated heterocycles. The number of hydrazone groups is 1. The molecule has 0 bridgehead atoms. The van der Waals surface area contributed by atoms with Crippen molar-refractivity contribution in [3.8, 4) is 5.75 Å². The van der Waals surface area contributed by atoms with Crippen LogP contribution in [0.5, 0.6) is 5.75 Å². The predicted molar refractivity (Wildman–Crippen MR) is 91.1 cm³/mol. The van der Waals surface area contributed by atoms with Crippen LogP contribution in [0.3, 0.4) is 0 Å². The largest absolute Gasteiger partial charge is 0.484 e. The molecule has 22 heavy (non-hydrogen) atoms. The van der Waals surface area contributed by atoms with E-state index in [1.54, 1.807) is 18.3 Å². The van der Waals surface area contributed by atoms with E-state index in [0.29, 0.717) is 5.75 Å². The summed E-state index contributed by atoms with van der Waals surface area (Å²) in [6, 6.07) is 17.3. The van der Waals surface area contributed by atoms with E-state index in [1.165, 1.54) is 0 Å². The molecule has 1 N–H and O–H groups in total. The highest BCUT2D eigenvalue weighted by Crippen LogP contribution is 2.15. The van der Waals surface area contributed by atoms with E-state index in [-0.39, 0.29) is 18.4 Å². The van der Waals surface area contributed by atoms with Crippen molar-refractivity contribution >= 4 is 28.1 Å². The first-order valence-corrected chi connectivity index (χ1v) is 7.70. The summed E-state index contributed by atoms with van der Waals surface area (Å²) in [5, 5.41) is 3.96. The Morgan fingerprint density at radius 1 is 1.23 bits per heavy atom. The first kappa shape index (κ1) is 16.2. The topological polar surface area (TPSA) is 50.7 Å². The monoisotopic (exact) mass is 360 g/mol. The zero-order valence-corrected chi connectivity index (χ0v) is 13.8. The zero-order valence-electron chi connectivity index (χ0n) is 12.2. The summed E-state index contributed by atoms with van der Waals surface area (Å²) in [5.41, 5.74) is 3.61. The number of nitrogens with one attached hydrogen (secondary N) is 1. The lowest BCUT2D eigenvalue weighted by Gasteiger charge is -2.06. The molecule has 0 aromatic heterocycles. The molecule has 0 aliphatic heterocycles. The van der Waals surface area contributed by atoms with Crippen molar-refractivity contribution in [3.05, 3.63) is 64.6 Å². The van der Waals surface area contributed by atoms with Crippen molar-refractivity contribution in [3.63, 3.8) is 0 Å². The lowest BCUT2D eigenvalue weighted by molar-refractivity contribution is -0.123. The second-order valence-electron chi connectivity index (χ2n) is 4.76. The molecule has 0 saturated carbocycles. The normalized spacial score (nSPS) is 12.1. The van der Waals surface area contributed by atoms with Gasteiger partial charge in [0, 0.05) is 16.6 Å². The van der Waals surface area contributed by atoms with Gasteiger partial charge < -0.3 is 4.74 Å². The Labute approximate surface area is 138 Å². The van der Waals surface area contributed by atoms with Gasteiger partial charge in [0.05, 0.1) is 0 Å². The van der Waals surface area contributed by atoms with Crippen LogP contribution < -0.4 is 10.2 Å². The van der Waals surface area contributed by atoms with Gasteiger partial charge in [0.15, 0.2) is 6.61 Å². The third-order valence-electron chi connectivity index (χ3n) is 3.00. The number of carbonyl (C=O) groups excluding carboxylic acids is 1. The molecule has 0 spiro atoms. The van der Waals surface area contributed by atoms with Crippen LogP contribution in [0, 0.1) is 0 Å². The Hall–Kier alpha value is -2.14. The van der Waals surface area contributed by atoms with E-state index >= 15 is 0 Å². The molecule has 1 amide bonds. The number of amides is 1. The second-order valence-corrected chi connectivity index (χ2v) is 5.67. The van der Waals surface area contributed by atoms with Crippen molar-refractivity contribution in [2.24, 2.45) is 5.10 Å². The molecule has 0 fully saturated rings. The highest BCUT2D eigenvalue weighted by atomic mass is 79.9. The van der Waals surface area contributed by atoms with Crippen LogP contribution in [-0.4, -0.2) is 18.7 Å². The van der Waals surface area contributed by atoms with Crippen LogP contribution in [0.25, 0.3) is 0 Å². The average molecular weight is 361 g/mol. The van der Waals surface area contributed by atoms with Gasteiger partial charge in [0.2, 0.25) is 0 Å². The van der Waals surface area contributed by atoms with Crippen molar-refractivity contribution in [1.29, 1.82) is 0 Å². The highest BCUT2D eigenvalue weighted by molar-refractivity contribution is 9.10. The molecule has 0 unspecified atom stereocenters. The lowest BCUT2D eigenvalue weighted by Crippen LogP contribution is -2.24. The average Bonchev–Trinajstić information content (AvgIpc) is 2.55. The van der Waals surface area contributed by atoms with Crippen LogP contribution in [0.15, 0.2) is 64.2 Å². The lowest BCUT2D eigenvalue weighted by atomic mass is 10.0. The zero-order chi connectivity index (χ0) is 15.8. The molecule has 2 rings (SSSR count). The number of nitrogens with zero attached hydrogens (tertiary/aromatic N) is 1. The SMILES string of the molecule is C[C@H](/C=N\NC(=O)COc1ccc(Br)cc1)c1ccccc1. The molecule has 0 aliphatic carbocycles. The van der Waals surface area contributed by atoms with E-state index in [2.05, 4.69) is 26.5 Å². The Morgan fingerprint density at radius 3 is 2.59 bits per heavy atom. The van der Waals surface area contributed by atoms with E-state index in [9.17, 15) is 4.79 Å². The fourth-order valence-corrected chi connectivity index (χ4v) is 2.04. The molecule has 114 valence electrons. The number of hydrogen-bond donors (Lipinski definition) is 1. The Bertz CT molecular complexity index is 627. The van der Waals surface area contributed by atoms with E-state index in [1.807, 2.05) is 49.4 Å². The maximum atomic E-state index is 11.6. The third-order valence-corrected chi connectivity index (χ3v) is 3.52. The summed E-state index contributed by atoms with van der Waals surface area (Å²) in [6.45, 7) is 1.95. The second kappa shape index (κ2) is 8.34. The standard InChI is InChI=1S/C17H17BrN2O2/c1-13(14-5-3-2-4-6-14)11-19-20-17(21)12-22-16-9-7-15(18)8-10-16/h2-11,13H,12H2,1H3,(H,20,21)/b19-11-/t13-/m1/s1. The first-order chi connectivity index (χ1) is 10.6. The first-order valence-electron chi connectivity index (χ1n) is 6.90. The van der Waals surface area contributed by atoms with E-state index in [4.69, 9.17) is 4.74 Å². The van der Waals surface area contributed by atoms with E-state index < -0.39 is 0 Å². The molecule has 5 heteroatoms. The van der Waals surface area contributed by atoms with Crippen molar-refractivity contribution < 1.29 is 9.53 Å². The maximum absolute atomic E-state index is 11.6. The van der Waals surface area contributed by atoms with Crippen LogP contribution in [0.1, 0.15) is 18.4 Å². The number of hydrogen-bond acceptors (Lipinski definition) is 3. The summed E-state index contributed by atoms with van der Waals surface area (Å²) in [5.74, 6) is 0.480. The van der Waals surface area contributed by atoms with Crippen LogP contribution in [-0.2, 0) is 4.79 Å². The summed E-state index contributed by atoms with van der Waals surface area (Å²) < 4.78 is 6.32. The Balaban J connectivity index is 1.75. The summed E-state index contributed by atoms with van der Waals surface area (Å²) in [4.78, 5) is 11.6. The van der Waals surface area contributed by atoms with Gasteiger partial charge in [0.25, 0.3) is 5.91 Å².